The summed E-state index contributed by atoms with van der Waals surface area (Å²) in [6, 6.07) is 0. The van der Waals surface area contributed by atoms with Gasteiger partial charge in [0, 0.05) is 30.1 Å². The Balaban J connectivity index is 1.46. The summed E-state index contributed by atoms with van der Waals surface area (Å²) in [7, 11) is 0. The smallest absolute Gasteiger partial charge is 0.262 e. The molecule has 1 saturated carbocycles. The highest BCUT2D eigenvalue weighted by molar-refractivity contribution is 7.18. The fourth-order valence-electron chi connectivity index (χ4n) is 4.71. The first-order valence-corrected chi connectivity index (χ1v) is 11.4. The van der Waals surface area contributed by atoms with E-state index >= 15 is 0 Å². The second-order valence-electron chi connectivity index (χ2n) is 8.30. The van der Waals surface area contributed by atoms with E-state index in [0.29, 0.717) is 11.9 Å². The zero-order valence-electron chi connectivity index (χ0n) is 17.3. The van der Waals surface area contributed by atoms with E-state index in [0.717, 1.165) is 54.4 Å². The van der Waals surface area contributed by atoms with Crippen LogP contribution in [-0.4, -0.2) is 58.7 Å². The highest BCUT2D eigenvalue weighted by Gasteiger charge is 2.38. The number of hydrogen-bond acceptors (Lipinski definition) is 6. The number of nitrogens with one attached hydrogen (secondary N) is 1. The van der Waals surface area contributed by atoms with Crippen molar-refractivity contribution in [1.82, 2.24) is 19.8 Å². The van der Waals surface area contributed by atoms with Gasteiger partial charge in [-0.25, -0.2) is 4.98 Å². The van der Waals surface area contributed by atoms with Crippen LogP contribution in [0.2, 0.25) is 0 Å². The van der Waals surface area contributed by atoms with E-state index in [4.69, 9.17) is 4.74 Å². The Morgan fingerprint density at radius 3 is 2.69 bits per heavy atom. The number of amides is 1. The summed E-state index contributed by atoms with van der Waals surface area (Å²) in [6.45, 7) is 7.94. The van der Waals surface area contributed by atoms with E-state index in [2.05, 4.69) is 15.2 Å². The molecule has 1 amide bonds. The Hall–Kier alpha value is -1.77. The molecule has 2 aromatic rings. The maximum Gasteiger partial charge on any atom is 0.262 e. The highest BCUT2D eigenvalue weighted by atomic mass is 32.1. The molecule has 158 valence electrons. The molecule has 0 unspecified atom stereocenters. The SMILES string of the molecule is Cc1sc2ncn(CC(=O)NCC3(N4CCOCC4)CCCCC3)c(=O)c2c1C. The van der Waals surface area contributed by atoms with Crippen molar-refractivity contribution in [2.45, 2.75) is 58.0 Å². The van der Waals surface area contributed by atoms with Gasteiger partial charge in [0.05, 0.1) is 24.9 Å². The molecular formula is C21H30N4O3S. The molecular weight excluding hydrogens is 388 g/mol. The Labute approximate surface area is 175 Å². The zero-order chi connectivity index (χ0) is 20.4. The predicted octanol–water partition coefficient (Wildman–Crippen LogP) is 2.23. The van der Waals surface area contributed by atoms with E-state index in [9.17, 15) is 9.59 Å². The van der Waals surface area contributed by atoms with Crippen LogP contribution in [0.15, 0.2) is 11.1 Å². The topological polar surface area (TPSA) is 76.5 Å². The number of thiophene rings is 1. The lowest BCUT2D eigenvalue weighted by Crippen LogP contribution is -2.59. The van der Waals surface area contributed by atoms with Gasteiger partial charge in [-0.3, -0.25) is 19.1 Å². The average molecular weight is 419 g/mol. The summed E-state index contributed by atoms with van der Waals surface area (Å²) in [4.78, 5) is 34.3. The Morgan fingerprint density at radius 1 is 1.24 bits per heavy atom. The monoisotopic (exact) mass is 418 g/mol. The quantitative estimate of drug-likeness (QED) is 0.806. The molecule has 7 nitrogen and oxygen atoms in total. The first-order chi connectivity index (χ1) is 14.0. The number of rotatable bonds is 5. The number of aromatic nitrogens is 2. The number of hydrogen-bond donors (Lipinski definition) is 1. The normalized spacial score (nSPS) is 20.1. The number of morpholine rings is 1. The number of ether oxygens (including phenoxy) is 1. The summed E-state index contributed by atoms with van der Waals surface area (Å²) < 4.78 is 6.96. The van der Waals surface area contributed by atoms with Crippen molar-refractivity contribution in [2.24, 2.45) is 0 Å². The van der Waals surface area contributed by atoms with Crippen molar-refractivity contribution >= 4 is 27.5 Å². The van der Waals surface area contributed by atoms with Crippen molar-refractivity contribution in [3.63, 3.8) is 0 Å². The molecule has 4 rings (SSSR count). The van der Waals surface area contributed by atoms with Gasteiger partial charge in [-0.1, -0.05) is 19.3 Å². The first kappa shape index (κ1) is 20.5. The minimum Gasteiger partial charge on any atom is -0.379 e. The maximum atomic E-state index is 12.8. The van der Waals surface area contributed by atoms with Gasteiger partial charge in [0.1, 0.15) is 11.4 Å². The summed E-state index contributed by atoms with van der Waals surface area (Å²) in [5.74, 6) is -0.129. The van der Waals surface area contributed by atoms with Crippen LogP contribution in [0.5, 0.6) is 0 Å². The van der Waals surface area contributed by atoms with Crippen LogP contribution < -0.4 is 10.9 Å². The van der Waals surface area contributed by atoms with Gasteiger partial charge in [0.2, 0.25) is 5.91 Å². The molecule has 0 spiro atoms. The van der Waals surface area contributed by atoms with Gasteiger partial charge >= 0.3 is 0 Å². The van der Waals surface area contributed by atoms with Gasteiger partial charge in [-0.2, -0.15) is 0 Å². The van der Waals surface area contributed by atoms with Crippen molar-refractivity contribution in [1.29, 1.82) is 0 Å². The van der Waals surface area contributed by atoms with Crippen LogP contribution in [0.4, 0.5) is 0 Å². The van der Waals surface area contributed by atoms with Crippen LogP contribution in [0.1, 0.15) is 42.5 Å². The van der Waals surface area contributed by atoms with Crippen molar-refractivity contribution < 1.29 is 9.53 Å². The van der Waals surface area contributed by atoms with E-state index in [1.165, 1.54) is 41.5 Å². The molecule has 29 heavy (non-hydrogen) atoms. The standard InChI is InChI=1S/C21H30N4O3S/c1-15-16(2)29-19-18(15)20(27)24(14-23-19)12-17(26)22-13-21(6-4-3-5-7-21)25-8-10-28-11-9-25/h14H,3-13H2,1-2H3,(H,22,26). The van der Waals surface area contributed by atoms with Crippen molar-refractivity contribution in [2.75, 3.05) is 32.8 Å². The number of carbonyl (C=O) groups excluding carboxylic acids is 1. The van der Waals surface area contributed by atoms with E-state index in [1.807, 2.05) is 13.8 Å². The molecule has 2 aromatic heterocycles. The molecule has 2 aliphatic rings. The lowest BCUT2D eigenvalue weighted by molar-refractivity contribution is -0.123. The van der Waals surface area contributed by atoms with Gasteiger partial charge in [-0.05, 0) is 32.3 Å². The average Bonchev–Trinajstić information content (AvgIpc) is 3.04. The lowest BCUT2D eigenvalue weighted by Gasteiger charge is -2.48. The molecule has 2 fully saturated rings. The lowest BCUT2D eigenvalue weighted by atomic mass is 9.79. The fourth-order valence-corrected chi connectivity index (χ4v) is 5.70. The second-order valence-corrected chi connectivity index (χ2v) is 9.51. The predicted molar refractivity (Wildman–Crippen MR) is 115 cm³/mol. The molecule has 0 bridgehead atoms. The second kappa shape index (κ2) is 8.53. The summed E-state index contributed by atoms with van der Waals surface area (Å²) in [6.07, 6.45) is 7.37. The Bertz CT molecular complexity index is 939. The van der Waals surface area contributed by atoms with Crippen molar-refractivity contribution in [3.05, 3.63) is 27.1 Å². The van der Waals surface area contributed by atoms with Crippen molar-refractivity contribution in [3.8, 4) is 0 Å². The first-order valence-electron chi connectivity index (χ1n) is 10.5. The third-order valence-electron chi connectivity index (χ3n) is 6.55. The number of nitrogens with zero attached hydrogens (tertiary/aromatic N) is 3. The van der Waals surface area contributed by atoms with Crippen LogP contribution in [0.3, 0.4) is 0 Å². The Kier molecular flexibility index (Phi) is 6.03. The van der Waals surface area contributed by atoms with Gasteiger partial charge in [0.15, 0.2) is 0 Å². The maximum absolute atomic E-state index is 12.8. The van der Waals surface area contributed by atoms with E-state index in [-0.39, 0.29) is 23.6 Å². The molecule has 0 radical (unpaired) electrons. The molecule has 1 aliphatic carbocycles. The van der Waals surface area contributed by atoms with Crippen LogP contribution >= 0.6 is 11.3 Å². The largest absolute Gasteiger partial charge is 0.379 e. The third-order valence-corrected chi connectivity index (χ3v) is 7.67. The molecule has 1 N–H and O–H groups in total. The van der Waals surface area contributed by atoms with E-state index < -0.39 is 0 Å². The van der Waals surface area contributed by atoms with Gasteiger partial charge < -0.3 is 10.1 Å². The fraction of sp³-hybridized carbons (Fsp3) is 0.667. The minimum absolute atomic E-state index is 0.00922. The van der Waals surface area contributed by atoms with Crippen LogP contribution in [-0.2, 0) is 16.1 Å². The van der Waals surface area contributed by atoms with Crippen LogP contribution in [0.25, 0.3) is 10.2 Å². The van der Waals surface area contributed by atoms with Crippen LogP contribution in [0, 0.1) is 13.8 Å². The van der Waals surface area contributed by atoms with Gasteiger partial charge in [-0.15, -0.1) is 11.3 Å². The molecule has 1 aliphatic heterocycles. The molecule has 1 saturated heterocycles. The Morgan fingerprint density at radius 2 is 1.97 bits per heavy atom. The summed E-state index contributed by atoms with van der Waals surface area (Å²) in [5.41, 5.74) is 0.852. The van der Waals surface area contributed by atoms with Gasteiger partial charge in [0.25, 0.3) is 5.56 Å². The van der Waals surface area contributed by atoms with E-state index in [1.54, 1.807) is 0 Å². The summed E-state index contributed by atoms with van der Waals surface area (Å²) in [5, 5.41) is 3.77. The minimum atomic E-state index is -0.132. The number of aryl methyl sites for hydroxylation is 2. The molecule has 0 aromatic carbocycles. The highest BCUT2D eigenvalue weighted by Crippen LogP contribution is 2.34. The zero-order valence-corrected chi connectivity index (χ0v) is 18.1. The molecule has 8 heteroatoms. The molecule has 0 atom stereocenters. The number of carbonyl (C=O) groups is 1. The summed E-state index contributed by atoms with van der Waals surface area (Å²) >= 11 is 1.52. The molecule has 3 heterocycles. The third kappa shape index (κ3) is 4.11. The number of fused-ring (bicyclic) bond motifs is 1.